The van der Waals surface area contributed by atoms with E-state index >= 15 is 0 Å². The molecule has 0 atom stereocenters. The lowest BCUT2D eigenvalue weighted by molar-refractivity contribution is -0.138. The molecule has 3 nitrogen and oxygen atoms in total. The highest BCUT2D eigenvalue weighted by Gasteiger charge is 2.35. The van der Waals surface area contributed by atoms with Crippen LogP contribution in [0.2, 0.25) is 0 Å². The van der Waals surface area contributed by atoms with Crippen LogP contribution >= 0.6 is 0 Å². The lowest BCUT2D eigenvalue weighted by Gasteiger charge is -2.12. The second-order valence-electron chi connectivity index (χ2n) is 4.07. The molecule has 0 unspecified atom stereocenters. The summed E-state index contributed by atoms with van der Waals surface area (Å²) in [5, 5.41) is 8.78. The molecule has 0 saturated heterocycles. The molecule has 0 aliphatic heterocycles. The maximum Gasteiger partial charge on any atom is 0.421 e. The molecule has 0 fully saturated rings. The van der Waals surface area contributed by atoms with Crippen LogP contribution in [0.25, 0.3) is 0 Å². The van der Waals surface area contributed by atoms with Gasteiger partial charge in [-0.15, -0.1) is 0 Å². The fourth-order valence-electron chi connectivity index (χ4n) is 1.65. The van der Waals surface area contributed by atoms with Crippen molar-refractivity contribution in [2.75, 3.05) is 6.61 Å². The topological polar surface area (TPSA) is 42.4 Å². The van der Waals surface area contributed by atoms with Gasteiger partial charge in [-0.2, -0.15) is 13.2 Å². The summed E-state index contributed by atoms with van der Waals surface area (Å²) in [6, 6.07) is 8.58. The van der Waals surface area contributed by atoms with Gasteiger partial charge >= 0.3 is 6.18 Å². The number of hydrogen-bond donors (Lipinski definition) is 1. The molecule has 2 rings (SSSR count). The Morgan fingerprint density at radius 2 is 1.80 bits per heavy atom. The number of aromatic nitrogens is 1. The lowest BCUT2D eigenvalue weighted by Crippen LogP contribution is -2.08. The Kier molecular flexibility index (Phi) is 4.24. The minimum absolute atomic E-state index is 0.0126. The number of ether oxygens (including phenoxy) is 1. The average molecular weight is 283 g/mol. The highest BCUT2D eigenvalue weighted by atomic mass is 19.4. The molecule has 1 aromatic carbocycles. The van der Waals surface area contributed by atoms with E-state index in [1.807, 2.05) is 0 Å². The monoisotopic (exact) mass is 283 g/mol. The van der Waals surface area contributed by atoms with Crippen molar-refractivity contribution in [2.45, 2.75) is 12.6 Å². The van der Waals surface area contributed by atoms with Crippen LogP contribution < -0.4 is 4.74 Å². The number of pyridine rings is 1. The molecule has 106 valence electrons. The van der Waals surface area contributed by atoms with Crippen molar-refractivity contribution in [3.05, 3.63) is 53.7 Å². The van der Waals surface area contributed by atoms with Crippen molar-refractivity contribution in [3.63, 3.8) is 0 Å². The zero-order valence-corrected chi connectivity index (χ0v) is 10.4. The number of benzene rings is 1. The zero-order chi connectivity index (χ0) is 14.6. The molecule has 0 radical (unpaired) electrons. The van der Waals surface area contributed by atoms with Gasteiger partial charge in [-0.3, -0.25) is 0 Å². The summed E-state index contributed by atoms with van der Waals surface area (Å²) in [5.41, 5.74) is -0.0450. The summed E-state index contributed by atoms with van der Waals surface area (Å²) in [6.07, 6.45) is -2.79. The molecule has 0 bridgehead atoms. The van der Waals surface area contributed by atoms with Gasteiger partial charge in [-0.1, -0.05) is 12.1 Å². The largest absolute Gasteiger partial charge is 0.438 e. The minimum atomic E-state index is -4.51. The number of halogens is 3. The van der Waals surface area contributed by atoms with E-state index in [1.165, 1.54) is 12.3 Å². The smallest absolute Gasteiger partial charge is 0.421 e. The third-order valence-electron chi connectivity index (χ3n) is 2.61. The van der Waals surface area contributed by atoms with Crippen LogP contribution in [-0.4, -0.2) is 16.7 Å². The Hall–Kier alpha value is -2.08. The number of aliphatic hydroxyl groups excluding tert-OH is 1. The fraction of sp³-hybridized carbons (Fsp3) is 0.214. The number of nitrogens with zero attached hydrogens (tertiary/aromatic N) is 1. The summed E-state index contributed by atoms with van der Waals surface area (Å²) in [5.74, 6) is -0.217. The molecule has 2 aromatic rings. The molecule has 0 saturated carbocycles. The van der Waals surface area contributed by atoms with Crippen LogP contribution in [0.15, 0.2) is 42.6 Å². The molecule has 0 amide bonds. The predicted molar refractivity (Wildman–Crippen MR) is 66.5 cm³/mol. The van der Waals surface area contributed by atoms with Gasteiger partial charge in [0.1, 0.15) is 11.3 Å². The molecule has 6 heteroatoms. The molecule has 0 aliphatic rings. The highest BCUT2D eigenvalue weighted by molar-refractivity contribution is 5.35. The average Bonchev–Trinajstić information content (AvgIpc) is 2.41. The van der Waals surface area contributed by atoms with Gasteiger partial charge in [0.05, 0.1) is 0 Å². The third-order valence-corrected chi connectivity index (χ3v) is 2.61. The summed E-state index contributed by atoms with van der Waals surface area (Å²) in [7, 11) is 0. The summed E-state index contributed by atoms with van der Waals surface area (Å²) in [4.78, 5) is 3.62. The maximum absolute atomic E-state index is 12.8. The Labute approximate surface area is 113 Å². The van der Waals surface area contributed by atoms with Gasteiger partial charge in [-0.05, 0) is 36.2 Å². The fourth-order valence-corrected chi connectivity index (χ4v) is 1.65. The van der Waals surface area contributed by atoms with Crippen molar-refractivity contribution in [1.29, 1.82) is 0 Å². The number of alkyl halides is 3. The summed E-state index contributed by atoms with van der Waals surface area (Å²) >= 11 is 0. The Bertz CT molecular complexity index is 567. The van der Waals surface area contributed by atoms with Gasteiger partial charge in [-0.25, -0.2) is 4.98 Å². The predicted octanol–water partition coefficient (Wildman–Crippen LogP) is 3.43. The van der Waals surface area contributed by atoms with Crippen LogP contribution in [0, 0.1) is 0 Å². The zero-order valence-electron chi connectivity index (χ0n) is 10.4. The van der Waals surface area contributed by atoms with Gasteiger partial charge in [0.15, 0.2) is 0 Å². The van der Waals surface area contributed by atoms with E-state index in [9.17, 15) is 13.2 Å². The molecule has 1 heterocycles. The van der Waals surface area contributed by atoms with Gasteiger partial charge < -0.3 is 9.84 Å². The van der Waals surface area contributed by atoms with Gasteiger partial charge in [0.25, 0.3) is 0 Å². The van der Waals surface area contributed by atoms with E-state index in [-0.39, 0.29) is 12.4 Å². The maximum atomic E-state index is 12.8. The van der Waals surface area contributed by atoms with Gasteiger partial charge in [0, 0.05) is 12.8 Å². The molecule has 20 heavy (non-hydrogen) atoms. The Morgan fingerprint density at radius 1 is 1.10 bits per heavy atom. The first-order valence-electron chi connectivity index (χ1n) is 5.90. The van der Waals surface area contributed by atoms with Crippen LogP contribution in [0.5, 0.6) is 11.6 Å². The van der Waals surface area contributed by atoms with Crippen LogP contribution in [0.4, 0.5) is 13.2 Å². The Balaban J connectivity index is 2.22. The first-order chi connectivity index (χ1) is 9.50. The first-order valence-corrected chi connectivity index (χ1v) is 5.90. The van der Waals surface area contributed by atoms with E-state index in [4.69, 9.17) is 9.84 Å². The van der Waals surface area contributed by atoms with E-state index in [1.54, 1.807) is 24.3 Å². The summed E-state index contributed by atoms with van der Waals surface area (Å²) in [6.45, 7) is 0.0126. The second kappa shape index (κ2) is 5.92. The van der Waals surface area contributed by atoms with Crippen LogP contribution in [-0.2, 0) is 12.6 Å². The third kappa shape index (κ3) is 3.48. The van der Waals surface area contributed by atoms with E-state index in [0.717, 1.165) is 11.6 Å². The van der Waals surface area contributed by atoms with Crippen LogP contribution in [0.1, 0.15) is 11.1 Å². The van der Waals surface area contributed by atoms with Crippen molar-refractivity contribution in [1.82, 2.24) is 4.98 Å². The first kappa shape index (κ1) is 14.3. The molecule has 0 spiro atoms. The van der Waals surface area contributed by atoms with Crippen molar-refractivity contribution < 1.29 is 23.0 Å². The number of aliphatic hydroxyl groups is 1. The quantitative estimate of drug-likeness (QED) is 0.934. The van der Waals surface area contributed by atoms with Crippen molar-refractivity contribution in [2.24, 2.45) is 0 Å². The highest BCUT2D eigenvalue weighted by Crippen LogP contribution is 2.36. The minimum Gasteiger partial charge on any atom is -0.438 e. The molecular formula is C14H12F3NO2. The van der Waals surface area contributed by atoms with Crippen molar-refractivity contribution >= 4 is 0 Å². The SMILES string of the molecule is OCCc1ccc(Oc2ncccc2C(F)(F)F)cc1. The van der Waals surface area contributed by atoms with E-state index < -0.39 is 17.6 Å². The molecular weight excluding hydrogens is 271 g/mol. The van der Waals surface area contributed by atoms with Crippen LogP contribution in [0.3, 0.4) is 0 Å². The normalized spacial score (nSPS) is 11.4. The van der Waals surface area contributed by atoms with E-state index in [0.29, 0.717) is 6.42 Å². The van der Waals surface area contributed by atoms with E-state index in [2.05, 4.69) is 4.98 Å². The van der Waals surface area contributed by atoms with Crippen molar-refractivity contribution in [3.8, 4) is 11.6 Å². The number of hydrogen-bond acceptors (Lipinski definition) is 3. The lowest BCUT2D eigenvalue weighted by atomic mass is 10.1. The number of rotatable bonds is 4. The molecule has 1 N–H and O–H groups in total. The Morgan fingerprint density at radius 3 is 2.40 bits per heavy atom. The summed E-state index contributed by atoms with van der Waals surface area (Å²) < 4.78 is 43.5. The molecule has 0 aliphatic carbocycles. The van der Waals surface area contributed by atoms with Gasteiger partial charge in [0.2, 0.25) is 5.88 Å². The molecule has 1 aromatic heterocycles. The second-order valence-corrected chi connectivity index (χ2v) is 4.07. The standard InChI is InChI=1S/C14H12F3NO2/c15-14(16,17)12-2-1-8-18-13(12)20-11-5-3-10(4-6-11)7-9-19/h1-6,8,19H,7,9H2.